The first-order chi connectivity index (χ1) is 20.1. The number of pyridine rings is 1. The summed E-state index contributed by atoms with van der Waals surface area (Å²) >= 11 is 0. The van der Waals surface area contributed by atoms with E-state index < -0.39 is 0 Å². The number of likely N-dealkylation sites (tertiary alicyclic amines) is 1. The van der Waals surface area contributed by atoms with Gasteiger partial charge in [0, 0.05) is 31.0 Å². The molecule has 0 atom stereocenters. The van der Waals surface area contributed by atoms with E-state index in [0.29, 0.717) is 23.8 Å². The van der Waals surface area contributed by atoms with E-state index in [1.54, 1.807) is 18.3 Å². The summed E-state index contributed by atoms with van der Waals surface area (Å²) in [6, 6.07) is 34.4. The molecule has 1 N–H and O–H groups in total. The molecule has 1 aliphatic heterocycles. The maximum atomic E-state index is 9.38. The number of benzene rings is 3. The van der Waals surface area contributed by atoms with Crippen LogP contribution in [0, 0.1) is 18.3 Å². The minimum absolute atomic E-state index is 0.581. The summed E-state index contributed by atoms with van der Waals surface area (Å²) in [5.41, 5.74) is 8.27. The Balaban J connectivity index is 1.17. The third kappa shape index (κ3) is 7.70. The van der Waals surface area contributed by atoms with Gasteiger partial charge in [0.2, 0.25) is 0 Å². The van der Waals surface area contributed by atoms with Crippen LogP contribution in [0.3, 0.4) is 0 Å². The molecule has 5 rings (SSSR count). The van der Waals surface area contributed by atoms with Crippen molar-refractivity contribution in [1.82, 2.24) is 15.2 Å². The molecule has 3 aromatic carbocycles. The van der Waals surface area contributed by atoms with Crippen molar-refractivity contribution < 1.29 is 0 Å². The molecule has 1 aliphatic rings. The van der Waals surface area contributed by atoms with Gasteiger partial charge in [0.1, 0.15) is 0 Å². The number of rotatable bonds is 11. The van der Waals surface area contributed by atoms with E-state index in [1.165, 1.54) is 35.1 Å². The van der Waals surface area contributed by atoms with E-state index in [4.69, 9.17) is 0 Å². The standard InChI is InChI=1S/C36H39N5/c1-28-8-6-7-11-36(28)41(29(2)35-24-33(25-37)17-21-39-35)27-32-14-12-31(13-15-32)26-40-22-18-34(19-23-40)38-20-16-30-9-4-3-5-10-30/h3-15,17,21,24,34,38H,2,16,18-20,22-23,26-27H2,1H3. The van der Waals surface area contributed by atoms with E-state index in [-0.39, 0.29) is 0 Å². The highest BCUT2D eigenvalue weighted by Gasteiger charge is 2.19. The van der Waals surface area contributed by atoms with Crippen molar-refractivity contribution in [1.29, 1.82) is 5.26 Å². The second-order valence-electron chi connectivity index (χ2n) is 10.9. The zero-order valence-corrected chi connectivity index (χ0v) is 24.0. The second-order valence-corrected chi connectivity index (χ2v) is 10.9. The van der Waals surface area contributed by atoms with E-state index in [0.717, 1.165) is 44.0 Å². The lowest BCUT2D eigenvalue weighted by molar-refractivity contribution is 0.191. The fraction of sp³-hybridized carbons (Fsp3) is 0.278. The molecule has 0 bridgehead atoms. The minimum Gasteiger partial charge on any atom is -0.335 e. The maximum absolute atomic E-state index is 9.38. The lowest BCUT2D eigenvalue weighted by atomic mass is 10.0. The fourth-order valence-electron chi connectivity index (χ4n) is 5.54. The molecule has 1 saturated heterocycles. The van der Waals surface area contributed by atoms with Crippen molar-refractivity contribution in [3.63, 3.8) is 0 Å². The Morgan fingerprint density at radius 2 is 1.66 bits per heavy atom. The zero-order chi connectivity index (χ0) is 28.4. The summed E-state index contributed by atoms with van der Waals surface area (Å²) in [4.78, 5) is 9.28. The van der Waals surface area contributed by atoms with Gasteiger partial charge in [-0.2, -0.15) is 5.26 Å². The highest BCUT2D eigenvalue weighted by Crippen LogP contribution is 2.29. The minimum atomic E-state index is 0.581. The molecule has 0 amide bonds. The molecule has 0 unspecified atom stereocenters. The Hall–Kier alpha value is -4.24. The number of piperidine rings is 1. The smallest absolute Gasteiger partial charge is 0.0992 e. The summed E-state index contributed by atoms with van der Waals surface area (Å²) in [7, 11) is 0. The molecule has 0 saturated carbocycles. The van der Waals surface area contributed by atoms with Gasteiger partial charge in [0.05, 0.1) is 23.0 Å². The number of aryl methyl sites for hydroxylation is 1. The first kappa shape index (κ1) is 28.3. The molecule has 5 nitrogen and oxygen atoms in total. The van der Waals surface area contributed by atoms with Crippen LogP contribution in [0.4, 0.5) is 5.69 Å². The number of para-hydroxylation sites is 1. The van der Waals surface area contributed by atoms with Crippen LogP contribution in [0.15, 0.2) is 104 Å². The van der Waals surface area contributed by atoms with Gasteiger partial charge >= 0.3 is 0 Å². The van der Waals surface area contributed by atoms with Crippen molar-refractivity contribution in [2.75, 3.05) is 24.5 Å². The first-order valence-electron chi connectivity index (χ1n) is 14.5. The lowest BCUT2D eigenvalue weighted by Crippen LogP contribution is -2.42. The molecule has 0 aliphatic carbocycles. The summed E-state index contributed by atoms with van der Waals surface area (Å²) in [6.07, 6.45) is 5.15. The fourth-order valence-corrected chi connectivity index (χ4v) is 5.54. The molecule has 41 heavy (non-hydrogen) atoms. The van der Waals surface area contributed by atoms with Crippen LogP contribution in [0.5, 0.6) is 0 Å². The number of aromatic nitrogens is 1. The number of hydrogen-bond acceptors (Lipinski definition) is 5. The quantitative estimate of drug-likeness (QED) is 0.228. The van der Waals surface area contributed by atoms with Gasteiger partial charge in [0.25, 0.3) is 0 Å². The van der Waals surface area contributed by atoms with Crippen molar-refractivity contribution in [3.05, 3.63) is 137 Å². The lowest BCUT2D eigenvalue weighted by Gasteiger charge is -2.32. The van der Waals surface area contributed by atoms with Crippen LogP contribution in [-0.4, -0.2) is 35.6 Å². The number of nitrogens with one attached hydrogen (secondary N) is 1. The van der Waals surface area contributed by atoms with Crippen molar-refractivity contribution >= 4 is 11.4 Å². The topological polar surface area (TPSA) is 55.2 Å². The Morgan fingerprint density at radius 3 is 2.39 bits per heavy atom. The predicted molar refractivity (Wildman–Crippen MR) is 168 cm³/mol. The summed E-state index contributed by atoms with van der Waals surface area (Å²) in [6.45, 7) is 11.4. The summed E-state index contributed by atoms with van der Waals surface area (Å²) in [5.74, 6) is 0. The average molecular weight is 542 g/mol. The van der Waals surface area contributed by atoms with Gasteiger partial charge in [-0.05, 0) is 86.3 Å². The van der Waals surface area contributed by atoms with Gasteiger partial charge in [-0.1, -0.05) is 79.4 Å². The number of anilines is 1. The molecular formula is C36H39N5. The summed E-state index contributed by atoms with van der Waals surface area (Å²) in [5, 5.41) is 13.1. The molecule has 5 heteroatoms. The SMILES string of the molecule is C=C(c1cc(C#N)ccn1)N(Cc1ccc(CN2CCC(NCCc3ccccc3)CC2)cc1)c1ccccc1C. The third-order valence-electron chi connectivity index (χ3n) is 7.96. The van der Waals surface area contributed by atoms with Crippen LogP contribution < -0.4 is 10.2 Å². The van der Waals surface area contributed by atoms with E-state index in [2.05, 4.69) is 106 Å². The van der Waals surface area contributed by atoms with E-state index in [9.17, 15) is 5.26 Å². The number of nitrogens with zero attached hydrogens (tertiary/aromatic N) is 4. The van der Waals surface area contributed by atoms with Crippen molar-refractivity contribution in [2.45, 2.75) is 45.3 Å². The molecule has 0 radical (unpaired) electrons. The van der Waals surface area contributed by atoms with Crippen molar-refractivity contribution in [2.24, 2.45) is 0 Å². The van der Waals surface area contributed by atoms with Gasteiger partial charge in [0.15, 0.2) is 0 Å². The average Bonchev–Trinajstić information content (AvgIpc) is 3.02. The normalized spacial score (nSPS) is 14.0. The maximum Gasteiger partial charge on any atom is 0.0992 e. The van der Waals surface area contributed by atoms with Gasteiger partial charge in [-0.3, -0.25) is 9.88 Å². The Labute approximate surface area is 244 Å². The van der Waals surface area contributed by atoms with Gasteiger partial charge in [-0.25, -0.2) is 0 Å². The Morgan fingerprint density at radius 1 is 0.951 bits per heavy atom. The van der Waals surface area contributed by atoms with Crippen LogP contribution in [-0.2, 0) is 19.5 Å². The largest absolute Gasteiger partial charge is 0.335 e. The summed E-state index contributed by atoms with van der Waals surface area (Å²) < 4.78 is 0. The molecule has 4 aromatic rings. The molecule has 0 spiro atoms. The van der Waals surface area contributed by atoms with Crippen LogP contribution in [0.1, 0.15) is 46.4 Å². The van der Waals surface area contributed by atoms with Gasteiger partial charge in [-0.15, -0.1) is 0 Å². The first-order valence-corrected chi connectivity index (χ1v) is 14.5. The highest BCUT2D eigenvalue weighted by atomic mass is 15.2. The number of hydrogen-bond donors (Lipinski definition) is 1. The Bertz CT molecular complexity index is 1460. The highest BCUT2D eigenvalue weighted by molar-refractivity contribution is 5.78. The number of nitriles is 1. The van der Waals surface area contributed by atoms with E-state index >= 15 is 0 Å². The second kappa shape index (κ2) is 13.9. The predicted octanol–water partition coefficient (Wildman–Crippen LogP) is 6.74. The molecule has 2 heterocycles. The third-order valence-corrected chi connectivity index (χ3v) is 7.96. The van der Waals surface area contributed by atoms with Crippen molar-refractivity contribution in [3.8, 4) is 6.07 Å². The van der Waals surface area contributed by atoms with Gasteiger partial charge < -0.3 is 10.2 Å². The molecular weight excluding hydrogens is 502 g/mol. The van der Waals surface area contributed by atoms with Crippen LogP contribution in [0.2, 0.25) is 0 Å². The van der Waals surface area contributed by atoms with Crippen LogP contribution in [0.25, 0.3) is 5.70 Å². The Kier molecular flexibility index (Phi) is 9.59. The van der Waals surface area contributed by atoms with E-state index in [1.807, 2.05) is 12.1 Å². The molecule has 1 aromatic heterocycles. The van der Waals surface area contributed by atoms with Crippen LogP contribution >= 0.6 is 0 Å². The zero-order valence-electron chi connectivity index (χ0n) is 24.0. The molecule has 1 fully saturated rings. The molecule has 208 valence electrons. The monoisotopic (exact) mass is 541 g/mol.